The van der Waals surface area contributed by atoms with Gasteiger partial charge in [0, 0.05) is 26.3 Å². The summed E-state index contributed by atoms with van der Waals surface area (Å²) in [5, 5.41) is 3.61. The predicted molar refractivity (Wildman–Crippen MR) is 56.8 cm³/mol. The first kappa shape index (κ1) is 11.2. The molecule has 5 heteroatoms. The molecule has 0 unspecified atom stereocenters. The van der Waals surface area contributed by atoms with Crippen LogP contribution in [-0.2, 0) is 4.74 Å². The molecule has 0 radical (unpaired) electrons. The third-order valence-corrected chi connectivity index (χ3v) is 1.83. The number of methoxy groups -OCH3 is 1. The molecule has 0 aliphatic rings. The number of halogens is 1. The minimum Gasteiger partial charge on any atom is -0.385 e. The van der Waals surface area contributed by atoms with Crippen molar-refractivity contribution < 1.29 is 4.74 Å². The third kappa shape index (κ3) is 3.89. The summed E-state index contributed by atoms with van der Waals surface area (Å²) < 4.78 is 4.93. The Bertz CT molecular complexity index is 273. The monoisotopic (exact) mass is 215 g/mol. The van der Waals surface area contributed by atoms with E-state index in [1.807, 2.05) is 6.92 Å². The van der Waals surface area contributed by atoms with Crippen LogP contribution in [0.25, 0.3) is 0 Å². The number of anilines is 1. The Hall–Kier alpha value is -0.870. The predicted octanol–water partition coefficient (Wildman–Crippen LogP) is 1.89. The fourth-order valence-corrected chi connectivity index (χ4v) is 1.28. The fourth-order valence-electron chi connectivity index (χ4n) is 1.05. The lowest BCUT2D eigenvalue weighted by Gasteiger charge is -2.05. The maximum absolute atomic E-state index is 5.77. The Morgan fingerprint density at radius 2 is 2.29 bits per heavy atom. The van der Waals surface area contributed by atoms with Crippen molar-refractivity contribution in [3.05, 3.63) is 17.0 Å². The van der Waals surface area contributed by atoms with E-state index >= 15 is 0 Å². The summed E-state index contributed by atoms with van der Waals surface area (Å²) in [5.74, 6) is 1.44. The highest BCUT2D eigenvalue weighted by molar-refractivity contribution is 6.29. The summed E-state index contributed by atoms with van der Waals surface area (Å²) in [7, 11) is 1.69. The molecule has 1 aromatic rings. The molecule has 78 valence electrons. The summed E-state index contributed by atoms with van der Waals surface area (Å²) >= 11 is 5.77. The number of aryl methyl sites for hydroxylation is 1. The van der Waals surface area contributed by atoms with Crippen LogP contribution in [0.15, 0.2) is 6.07 Å². The van der Waals surface area contributed by atoms with Gasteiger partial charge < -0.3 is 10.1 Å². The zero-order chi connectivity index (χ0) is 10.4. The Balaban J connectivity index is 2.42. The van der Waals surface area contributed by atoms with Gasteiger partial charge in [-0.05, 0) is 13.3 Å². The lowest BCUT2D eigenvalue weighted by molar-refractivity contribution is 0.198. The van der Waals surface area contributed by atoms with Gasteiger partial charge in [-0.25, -0.2) is 9.97 Å². The van der Waals surface area contributed by atoms with E-state index in [2.05, 4.69) is 15.3 Å². The van der Waals surface area contributed by atoms with Crippen molar-refractivity contribution in [1.82, 2.24) is 9.97 Å². The second-order valence-corrected chi connectivity index (χ2v) is 3.28. The normalized spacial score (nSPS) is 10.2. The molecule has 0 aliphatic carbocycles. The molecule has 1 heterocycles. The SMILES string of the molecule is COCCCNc1cc(Cl)nc(C)n1. The van der Waals surface area contributed by atoms with E-state index in [1.165, 1.54) is 0 Å². The number of hydrogen-bond acceptors (Lipinski definition) is 4. The molecular formula is C9H14ClN3O. The highest BCUT2D eigenvalue weighted by atomic mass is 35.5. The van der Waals surface area contributed by atoms with E-state index < -0.39 is 0 Å². The highest BCUT2D eigenvalue weighted by Crippen LogP contribution is 2.10. The number of aromatic nitrogens is 2. The Kier molecular flexibility index (Phi) is 4.62. The first-order chi connectivity index (χ1) is 6.72. The number of hydrogen-bond donors (Lipinski definition) is 1. The van der Waals surface area contributed by atoms with Gasteiger partial charge in [0.25, 0.3) is 0 Å². The number of nitrogens with one attached hydrogen (secondary N) is 1. The molecule has 0 saturated heterocycles. The van der Waals surface area contributed by atoms with Crippen LogP contribution >= 0.6 is 11.6 Å². The molecule has 14 heavy (non-hydrogen) atoms. The van der Waals surface area contributed by atoms with E-state index in [0.717, 1.165) is 25.4 Å². The smallest absolute Gasteiger partial charge is 0.134 e. The number of rotatable bonds is 5. The molecule has 1 aromatic heterocycles. The summed E-state index contributed by atoms with van der Waals surface area (Å²) in [6, 6.07) is 1.71. The van der Waals surface area contributed by atoms with Crippen molar-refractivity contribution in [2.24, 2.45) is 0 Å². The van der Waals surface area contributed by atoms with Gasteiger partial charge >= 0.3 is 0 Å². The van der Waals surface area contributed by atoms with E-state index in [0.29, 0.717) is 11.0 Å². The minimum absolute atomic E-state index is 0.465. The molecule has 1 N–H and O–H groups in total. The molecule has 0 aliphatic heterocycles. The Morgan fingerprint density at radius 3 is 2.93 bits per heavy atom. The standard InChI is InChI=1S/C9H14ClN3O/c1-7-12-8(10)6-9(13-7)11-4-3-5-14-2/h6H,3-5H2,1-2H3,(H,11,12,13). The zero-order valence-electron chi connectivity index (χ0n) is 8.38. The average molecular weight is 216 g/mol. The van der Waals surface area contributed by atoms with Gasteiger partial charge in [-0.2, -0.15) is 0 Å². The van der Waals surface area contributed by atoms with E-state index in [-0.39, 0.29) is 0 Å². The van der Waals surface area contributed by atoms with Crippen LogP contribution in [0.5, 0.6) is 0 Å². The van der Waals surface area contributed by atoms with Crippen molar-refractivity contribution in [3.8, 4) is 0 Å². The second kappa shape index (κ2) is 5.78. The van der Waals surface area contributed by atoms with Gasteiger partial charge in [-0.3, -0.25) is 0 Å². The van der Waals surface area contributed by atoms with Gasteiger partial charge in [0.2, 0.25) is 0 Å². The zero-order valence-corrected chi connectivity index (χ0v) is 9.14. The first-order valence-corrected chi connectivity index (χ1v) is 4.84. The number of ether oxygens (including phenoxy) is 1. The Labute approximate surface area is 88.7 Å². The lowest BCUT2D eigenvalue weighted by Crippen LogP contribution is -2.07. The highest BCUT2D eigenvalue weighted by Gasteiger charge is 1.98. The van der Waals surface area contributed by atoms with Crippen molar-refractivity contribution in [2.75, 3.05) is 25.6 Å². The van der Waals surface area contributed by atoms with Crippen molar-refractivity contribution >= 4 is 17.4 Å². The summed E-state index contributed by atoms with van der Waals surface area (Å²) in [6.07, 6.45) is 0.942. The Morgan fingerprint density at radius 1 is 1.50 bits per heavy atom. The molecule has 4 nitrogen and oxygen atoms in total. The maximum Gasteiger partial charge on any atom is 0.134 e. The largest absolute Gasteiger partial charge is 0.385 e. The minimum atomic E-state index is 0.465. The third-order valence-electron chi connectivity index (χ3n) is 1.64. The topological polar surface area (TPSA) is 47.0 Å². The summed E-state index contributed by atoms with van der Waals surface area (Å²) in [5.41, 5.74) is 0. The fraction of sp³-hybridized carbons (Fsp3) is 0.556. The molecule has 0 aromatic carbocycles. The molecular weight excluding hydrogens is 202 g/mol. The number of nitrogens with zero attached hydrogens (tertiary/aromatic N) is 2. The summed E-state index contributed by atoms with van der Waals surface area (Å²) in [6.45, 7) is 3.37. The molecule has 0 spiro atoms. The van der Waals surface area contributed by atoms with E-state index in [4.69, 9.17) is 16.3 Å². The molecule has 1 rings (SSSR count). The summed E-state index contributed by atoms with van der Waals surface area (Å²) in [4.78, 5) is 8.15. The molecule has 0 saturated carbocycles. The van der Waals surface area contributed by atoms with Crippen LogP contribution in [0.1, 0.15) is 12.2 Å². The first-order valence-electron chi connectivity index (χ1n) is 4.46. The quantitative estimate of drug-likeness (QED) is 0.602. The van der Waals surface area contributed by atoms with Crippen LogP contribution in [0, 0.1) is 6.92 Å². The van der Waals surface area contributed by atoms with Gasteiger partial charge in [0.05, 0.1) is 0 Å². The van der Waals surface area contributed by atoms with Crippen molar-refractivity contribution in [2.45, 2.75) is 13.3 Å². The van der Waals surface area contributed by atoms with Crippen LogP contribution in [0.2, 0.25) is 5.15 Å². The van der Waals surface area contributed by atoms with Crippen LogP contribution in [0.3, 0.4) is 0 Å². The van der Waals surface area contributed by atoms with Gasteiger partial charge in [0.15, 0.2) is 0 Å². The van der Waals surface area contributed by atoms with Crippen molar-refractivity contribution in [1.29, 1.82) is 0 Å². The van der Waals surface area contributed by atoms with E-state index in [1.54, 1.807) is 13.2 Å². The average Bonchev–Trinajstić information content (AvgIpc) is 2.11. The van der Waals surface area contributed by atoms with Crippen LogP contribution in [-0.4, -0.2) is 30.2 Å². The van der Waals surface area contributed by atoms with Gasteiger partial charge in [-0.1, -0.05) is 11.6 Å². The van der Waals surface area contributed by atoms with E-state index in [9.17, 15) is 0 Å². The maximum atomic E-state index is 5.77. The van der Waals surface area contributed by atoms with Crippen LogP contribution in [0.4, 0.5) is 5.82 Å². The van der Waals surface area contributed by atoms with Crippen LogP contribution < -0.4 is 5.32 Å². The molecule has 0 fully saturated rings. The van der Waals surface area contributed by atoms with Crippen molar-refractivity contribution in [3.63, 3.8) is 0 Å². The van der Waals surface area contributed by atoms with Gasteiger partial charge in [0.1, 0.15) is 16.8 Å². The van der Waals surface area contributed by atoms with Gasteiger partial charge in [-0.15, -0.1) is 0 Å². The molecule has 0 amide bonds. The lowest BCUT2D eigenvalue weighted by atomic mass is 10.4. The molecule has 0 bridgehead atoms. The molecule has 0 atom stereocenters. The second-order valence-electron chi connectivity index (χ2n) is 2.90.